The molecule has 0 saturated heterocycles. The van der Waals surface area contributed by atoms with Gasteiger partial charge in [0.15, 0.2) is 0 Å². The maximum Gasteiger partial charge on any atom is -0.00428 e. The van der Waals surface area contributed by atoms with Crippen LogP contribution in [-0.4, -0.2) is 6.54 Å². The third kappa shape index (κ3) is 1.36. The van der Waals surface area contributed by atoms with Crippen LogP contribution < -0.4 is 5.73 Å². The van der Waals surface area contributed by atoms with E-state index >= 15 is 0 Å². The molecular weight excluding hydrogens is 170 g/mol. The summed E-state index contributed by atoms with van der Waals surface area (Å²) in [5.74, 6) is 2.44. The molecule has 0 radical (unpaired) electrons. The Morgan fingerprint density at radius 1 is 1.14 bits per heavy atom. The van der Waals surface area contributed by atoms with E-state index < -0.39 is 0 Å². The predicted molar refractivity (Wildman–Crippen MR) is 58.3 cm³/mol. The van der Waals surface area contributed by atoms with E-state index in [4.69, 9.17) is 5.73 Å². The molecule has 2 saturated carbocycles. The third-order valence-electron chi connectivity index (χ3n) is 3.64. The standard InChI is InChI=1S/C13H17N/c14-8-10-7-13(10)12-4-2-1-3-11(12)9-5-6-9/h1-4,9-10,13H,5-8,14H2/t10-,13+/m0/s1. The number of hydrogen-bond acceptors (Lipinski definition) is 1. The smallest absolute Gasteiger partial charge is 0.00428 e. The minimum atomic E-state index is 0.773. The molecule has 74 valence electrons. The second-order valence-corrected chi connectivity index (χ2v) is 4.74. The molecule has 14 heavy (non-hydrogen) atoms. The average Bonchev–Trinajstić information content (AvgIpc) is 3.11. The number of rotatable bonds is 3. The molecule has 1 aromatic rings. The Bertz CT molecular complexity index is 341. The van der Waals surface area contributed by atoms with Crippen molar-refractivity contribution >= 4 is 0 Å². The minimum Gasteiger partial charge on any atom is -0.330 e. The molecule has 1 nitrogen and oxygen atoms in total. The first-order valence-electron chi connectivity index (χ1n) is 5.69. The van der Waals surface area contributed by atoms with Gasteiger partial charge in [-0.05, 0) is 54.7 Å². The van der Waals surface area contributed by atoms with Crippen LogP contribution in [0.25, 0.3) is 0 Å². The van der Waals surface area contributed by atoms with Crippen LogP contribution in [-0.2, 0) is 0 Å². The Morgan fingerprint density at radius 3 is 2.43 bits per heavy atom. The first-order chi connectivity index (χ1) is 6.90. The van der Waals surface area contributed by atoms with Crippen LogP contribution in [0.15, 0.2) is 24.3 Å². The first-order valence-corrected chi connectivity index (χ1v) is 5.69. The van der Waals surface area contributed by atoms with Crippen molar-refractivity contribution < 1.29 is 0 Å². The van der Waals surface area contributed by atoms with Gasteiger partial charge in [-0.3, -0.25) is 0 Å². The minimum absolute atomic E-state index is 0.773. The van der Waals surface area contributed by atoms with Crippen LogP contribution in [0.5, 0.6) is 0 Å². The summed E-state index contributed by atoms with van der Waals surface area (Å²) in [4.78, 5) is 0. The van der Waals surface area contributed by atoms with Crippen LogP contribution in [0.2, 0.25) is 0 Å². The summed E-state index contributed by atoms with van der Waals surface area (Å²) in [6.45, 7) is 0.865. The van der Waals surface area contributed by atoms with E-state index in [-0.39, 0.29) is 0 Å². The lowest BCUT2D eigenvalue weighted by molar-refractivity contribution is 0.804. The molecule has 0 aliphatic heterocycles. The SMILES string of the molecule is NC[C@@H]1C[C@H]1c1ccccc1C1CC1. The fourth-order valence-electron chi connectivity index (χ4n) is 2.50. The molecule has 2 fully saturated rings. The molecule has 0 amide bonds. The molecule has 0 spiro atoms. The first kappa shape index (κ1) is 8.49. The monoisotopic (exact) mass is 187 g/mol. The van der Waals surface area contributed by atoms with Gasteiger partial charge in [-0.1, -0.05) is 24.3 Å². The molecule has 0 unspecified atom stereocenters. The highest BCUT2D eigenvalue weighted by molar-refractivity contribution is 5.38. The lowest BCUT2D eigenvalue weighted by Crippen LogP contribution is -2.02. The van der Waals surface area contributed by atoms with Gasteiger partial charge in [-0.15, -0.1) is 0 Å². The zero-order valence-electron chi connectivity index (χ0n) is 8.45. The quantitative estimate of drug-likeness (QED) is 0.773. The zero-order valence-corrected chi connectivity index (χ0v) is 8.45. The normalized spacial score (nSPS) is 30.4. The van der Waals surface area contributed by atoms with Gasteiger partial charge in [0.2, 0.25) is 0 Å². The Kier molecular flexibility index (Phi) is 1.88. The zero-order chi connectivity index (χ0) is 9.54. The molecule has 2 aliphatic carbocycles. The fraction of sp³-hybridized carbons (Fsp3) is 0.538. The number of benzene rings is 1. The largest absolute Gasteiger partial charge is 0.330 e. The van der Waals surface area contributed by atoms with Gasteiger partial charge in [-0.25, -0.2) is 0 Å². The van der Waals surface area contributed by atoms with Crippen molar-refractivity contribution in [3.8, 4) is 0 Å². The van der Waals surface area contributed by atoms with Crippen LogP contribution >= 0.6 is 0 Å². The van der Waals surface area contributed by atoms with Crippen molar-refractivity contribution in [1.82, 2.24) is 0 Å². The summed E-state index contributed by atoms with van der Waals surface area (Å²) < 4.78 is 0. The molecule has 2 N–H and O–H groups in total. The van der Waals surface area contributed by atoms with E-state index in [2.05, 4.69) is 24.3 Å². The van der Waals surface area contributed by atoms with Gasteiger partial charge in [-0.2, -0.15) is 0 Å². The summed E-state index contributed by atoms with van der Waals surface area (Å²) in [5.41, 5.74) is 8.92. The van der Waals surface area contributed by atoms with Crippen molar-refractivity contribution in [2.75, 3.05) is 6.54 Å². The third-order valence-corrected chi connectivity index (χ3v) is 3.64. The summed E-state index contributed by atoms with van der Waals surface area (Å²) in [7, 11) is 0. The maximum absolute atomic E-state index is 5.70. The molecule has 0 heterocycles. The van der Waals surface area contributed by atoms with Crippen molar-refractivity contribution in [3.63, 3.8) is 0 Å². The van der Waals surface area contributed by atoms with Gasteiger partial charge < -0.3 is 5.73 Å². The van der Waals surface area contributed by atoms with Crippen LogP contribution in [0.1, 0.15) is 42.2 Å². The topological polar surface area (TPSA) is 26.0 Å². The van der Waals surface area contributed by atoms with Crippen molar-refractivity contribution in [1.29, 1.82) is 0 Å². The second-order valence-electron chi connectivity index (χ2n) is 4.74. The van der Waals surface area contributed by atoms with Crippen LogP contribution in [0.4, 0.5) is 0 Å². The Balaban J connectivity index is 1.89. The fourth-order valence-corrected chi connectivity index (χ4v) is 2.50. The average molecular weight is 187 g/mol. The van der Waals surface area contributed by atoms with E-state index in [9.17, 15) is 0 Å². The van der Waals surface area contributed by atoms with Crippen molar-refractivity contribution in [2.45, 2.75) is 31.1 Å². The van der Waals surface area contributed by atoms with Crippen molar-refractivity contribution in [3.05, 3.63) is 35.4 Å². The predicted octanol–water partition coefficient (Wildman–Crippen LogP) is 2.63. The van der Waals surface area contributed by atoms with Gasteiger partial charge in [0.1, 0.15) is 0 Å². The van der Waals surface area contributed by atoms with E-state index in [0.717, 1.165) is 24.3 Å². The van der Waals surface area contributed by atoms with Gasteiger partial charge in [0.05, 0.1) is 0 Å². The summed E-state index contributed by atoms with van der Waals surface area (Å²) in [6.07, 6.45) is 4.12. The van der Waals surface area contributed by atoms with E-state index in [1.54, 1.807) is 11.1 Å². The van der Waals surface area contributed by atoms with Crippen LogP contribution in [0, 0.1) is 5.92 Å². The molecule has 2 aliphatic rings. The van der Waals surface area contributed by atoms with Gasteiger partial charge in [0, 0.05) is 0 Å². The number of hydrogen-bond donors (Lipinski definition) is 1. The highest BCUT2D eigenvalue weighted by atomic mass is 14.6. The van der Waals surface area contributed by atoms with E-state index in [0.29, 0.717) is 0 Å². The highest BCUT2D eigenvalue weighted by Gasteiger charge is 2.40. The molecule has 0 aromatic heterocycles. The molecular formula is C13H17N. The summed E-state index contributed by atoms with van der Waals surface area (Å²) in [5, 5.41) is 0. The van der Waals surface area contributed by atoms with E-state index in [1.165, 1.54) is 19.3 Å². The van der Waals surface area contributed by atoms with Crippen LogP contribution in [0.3, 0.4) is 0 Å². The molecule has 1 heteroatoms. The van der Waals surface area contributed by atoms with Crippen molar-refractivity contribution in [2.24, 2.45) is 11.7 Å². The molecule has 3 rings (SSSR count). The molecule has 1 aromatic carbocycles. The Labute approximate surface area is 85.3 Å². The summed E-state index contributed by atoms with van der Waals surface area (Å²) >= 11 is 0. The summed E-state index contributed by atoms with van der Waals surface area (Å²) in [6, 6.07) is 8.98. The maximum atomic E-state index is 5.70. The van der Waals surface area contributed by atoms with Gasteiger partial charge in [0.25, 0.3) is 0 Å². The van der Waals surface area contributed by atoms with Gasteiger partial charge >= 0.3 is 0 Å². The second kappa shape index (κ2) is 3.09. The highest BCUT2D eigenvalue weighted by Crippen LogP contribution is 2.52. The number of nitrogens with two attached hydrogens (primary N) is 1. The van der Waals surface area contributed by atoms with E-state index in [1.807, 2.05) is 0 Å². The lowest BCUT2D eigenvalue weighted by atomic mass is 9.98. The Morgan fingerprint density at radius 2 is 1.86 bits per heavy atom. The molecule has 0 bridgehead atoms. The molecule has 2 atom stereocenters. The lowest BCUT2D eigenvalue weighted by Gasteiger charge is -2.07. The Hall–Kier alpha value is -0.820.